The van der Waals surface area contributed by atoms with E-state index in [9.17, 15) is 14.6 Å². The molecule has 190 valence electrons. The normalized spacial score (nSPS) is 13.9. The first-order valence-corrected chi connectivity index (χ1v) is 13.4. The maximum atomic E-state index is 12.0. The molecule has 0 saturated carbocycles. The molecular weight excluding hydrogens is 479 g/mol. The number of aliphatic hydroxyl groups is 1. The second-order valence-electron chi connectivity index (χ2n) is 8.85. The SMILES string of the molecule is COc1cccc(-c2cn(-c3ccc(CCOP(=O)(O)CC(C)O)cc3)c3ncnc(N(C)C)c23)c1. The summed E-state index contributed by atoms with van der Waals surface area (Å²) in [5, 5.41) is 10.3. The monoisotopic (exact) mass is 510 g/mol. The Morgan fingerprint density at radius 2 is 1.89 bits per heavy atom. The van der Waals surface area contributed by atoms with Gasteiger partial charge in [0.1, 0.15) is 17.9 Å². The van der Waals surface area contributed by atoms with Gasteiger partial charge in [-0.2, -0.15) is 0 Å². The molecule has 0 aliphatic rings. The van der Waals surface area contributed by atoms with Crippen LogP contribution >= 0.6 is 7.60 Å². The number of nitrogens with zero attached hydrogens (tertiary/aromatic N) is 4. The molecular formula is C26H31N4O5P. The van der Waals surface area contributed by atoms with Gasteiger partial charge in [0.25, 0.3) is 0 Å². The summed E-state index contributed by atoms with van der Waals surface area (Å²) in [7, 11) is 1.76. The molecule has 0 radical (unpaired) electrons. The number of anilines is 1. The lowest BCUT2D eigenvalue weighted by molar-refractivity contribution is 0.196. The van der Waals surface area contributed by atoms with E-state index in [1.54, 1.807) is 13.4 Å². The first-order valence-electron chi connectivity index (χ1n) is 11.6. The molecule has 0 spiro atoms. The van der Waals surface area contributed by atoms with Gasteiger partial charge in [0.05, 0.1) is 31.4 Å². The highest BCUT2D eigenvalue weighted by atomic mass is 31.2. The van der Waals surface area contributed by atoms with Gasteiger partial charge in [-0.1, -0.05) is 24.3 Å². The Morgan fingerprint density at radius 3 is 2.56 bits per heavy atom. The number of benzene rings is 2. The third-order valence-corrected chi connectivity index (χ3v) is 7.34. The minimum atomic E-state index is -3.80. The van der Waals surface area contributed by atoms with Crippen LogP contribution in [0.4, 0.5) is 5.82 Å². The lowest BCUT2D eigenvalue weighted by atomic mass is 10.1. The third-order valence-electron chi connectivity index (χ3n) is 5.76. The van der Waals surface area contributed by atoms with E-state index >= 15 is 0 Å². The Bertz CT molecular complexity index is 1390. The van der Waals surface area contributed by atoms with Crippen LogP contribution < -0.4 is 9.64 Å². The minimum absolute atomic E-state index is 0.0890. The van der Waals surface area contributed by atoms with Crippen molar-refractivity contribution in [2.45, 2.75) is 19.4 Å². The van der Waals surface area contributed by atoms with Gasteiger partial charge >= 0.3 is 7.60 Å². The molecule has 2 atom stereocenters. The van der Waals surface area contributed by atoms with Gasteiger partial charge in [-0.3, -0.25) is 4.57 Å². The lowest BCUT2D eigenvalue weighted by Gasteiger charge is -2.14. The van der Waals surface area contributed by atoms with Gasteiger partial charge in [0.2, 0.25) is 0 Å². The van der Waals surface area contributed by atoms with Crippen LogP contribution in [0.3, 0.4) is 0 Å². The van der Waals surface area contributed by atoms with Gasteiger partial charge < -0.3 is 28.7 Å². The van der Waals surface area contributed by atoms with E-state index in [-0.39, 0.29) is 12.8 Å². The topological polar surface area (TPSA) is 110 Å². The van der Waals surface area contributed by atoms with Crippen molar-refractivity contribution in [1.82, 2.24) is 14.5 Å². The molecule has 9 nitrogen and oxygen atoms in total. The zero-order valence-corrected chi connectivity index (χ0v) is 21.7. The van der Waals surface area contributed by atoms with Crippen molar-refractivity contribution in [1.29, 1.82) is 0 Å². The Labute approximate surface area is 210 Å². The number of aliphatic hydroxyl groups excluding tert-OH is 1. The lowest BCUT2D eigenvalue weighted by Crippen LogP contribution is -2.11. The maximum Gasteiger partial charge on any atom is 0.330 e. The zero-order valence-electron chi connectivity index (χ0n) is 20.8. The Kier molecular flexibility index (Phi) is 7.76. The number of hydrogen-bond donors (Lipinski definition) is 2. The average Bonchev–Trinajstić information content (AvgIpc) is 3.23. The maximum absolute atomic E-state index is 12.0. The highest BCUT2D eigenvalue weighted by molar-refractivity contribution is 7.52. The van der Waals surface area contributed by atoms with Gasteiger partial charge in [0, 0.05) is 31.5 Å². The molecule has 2 N–H and O–H groups in total. The number of rotatable bonds is 10. The Balaban J connectivity index is 1.66. The van der Waals surface area contributed by atoms with Crippen LogP contribution in [-0.4, -0.2) is 64.6 Å². The molecule has 4 aromatic rings. The Hall–Kier alpha value is -3.23. The fourth-order valence-electron chi connectivity index (χ4n) is 4.11. The molecule has 2 aromatic heterocycles. The van der Waals surface area contributed by atoms with Crippen molar-refractivity contribution in [3.8, 4) is 22.6 Å². The summed E-state index contributed by atoms with van der Waals surface area (Å²) in [5.41, 5.74) is 4.65. The number of hydrogen-bond acceptors (Lipinski definition) is 7. The number of aromatic nitrogens is 3. The van der Waals surface area contributed by atoms with Crippen LogP contribution in [-0.2, 0) is 15.5 Å². The molecule has 2 heterocycles. The first-order chi connectivity index (χ1) is 17.2. The fourth-order valence-corrected chi connectivity index (χ4v) is 5.26. The minimum Gasteiger partial charge on any atom is -0.497 e. The van der Waals surface area contributed by atoms with Gasteiger partial charge in [-0.05, 0) is 48.7 Å². The van der Waals surface area contributed by atoms with E-state index in [4.69, 9.17) is 9.26 Å². The zero-order chi connectivity index (χ0) is 25.9. The quantitative estimate of drug-likeness (QED) is 0.304. The highest BCUT2D eigenvalue weighted by Crippen LogP contribution is 2.42. The molecule has 0 aliphatic heterocycles. The van der Waals surface area contributed by atoms with Gasteiger partial charge in [0.15, 0.2) is 5.65 Å². The van der Waals surface area contributed by atoms with Crippen molar-refractivity contribution in [2.75, 3.05) is 38.9 Å². The van der Waals surface area contributed by atoms with E-state index in [1.165, 1.54) is 6.92 Å². The molecule has 0 amide bonds. The second kappa shape index (κ2) is 10.8. The highest BCUT2D eigenvalue weighted by Gasteiger charge is 2.22. The molecule has 0 fully saturated rings. The second-order valence-corrected chi connectivity index (χ2v) is 10.8. The molecule has 4 rings (SSSR count). The van der Waals surface area contributed by atoms with Crippen LogP contribution in [0.5, 0.6) is 5.75 Å². The van der Waals surface area contributed by atoms with Crippen LogP contribution in [0.25, 0.3) is 27.8 Å². The molecule has 36 heavy (non-hydrogen) atoms. The van der Waals surface area contributed by atoms with Gasteiger partial charge in [-0.15, -0.1) is 0 Å². The summed E-state index contributed by atoms with van der Waals surface area (Å²) in [4.78, 5) is 20.9. The number of fused-ring (bicyclic) bond motifs is 1. The molecule has 2 aromatic carbocycles. The summed E-state index contributed by atoms with van der Waals surface area (Å²) in [6, 6.07) is 15.8. The fraction of sp³-hybridized carbons (Fsp3) is 0.308. The molecule has 10 heteroatoms. The summed E-state index contributed by atoms with van der Waals surface area (Å²) in [6.07, 6.45) is 2.92. The van der Waals surface area contributed by atoms with Crippen molar-refractivity contribution in [3.63, 3.8) is 0 Å². The average molecular weight is 511 g/mol. The summed E-state index contributed by atoms with van der Waals surface area (Å²) >= 11 is 0. The van der Waals surface area contributed by atoms with Crippen molar-refractivity contribution in [2.24, 2.45) is 0 Å². The predicted octanol–water partition coefficient (Wildman–Crippen LogP) is 4.29. The van der Waals surface area contributed by atoms with E-state index in [0.717, 1.165) is 45.0 Å². The van der Waals surface area contributed by atoms with Crippen molar-refractivity contribution in [3.05, 3.63) is 66.6 Å². The van der Waals surface area contributed by atoms with E-state index < -0.39 is 13.7 Å². The molecule has 0 bridgehead atoms. The number of ether oxygens (including phenoxy) is 1. The summed E-state index contributed by atoms with van der Waals surface area (Å²) in [6.45, 7) is 1.55. The van der Waals surface area contributed by atoms with E-state index in [0.29, 0.717) is 6.42 Å². The molecule has 0 saturated heterocycles. The molecule has 2 unspecified atom stereocenters. The summed E-state index contributed by atoms with van der Waals surface area (Å²) in [5.74, 6) is 1.58. The summed E-state index contributed by atoms with van der Waals surface area (Å²) < 4.78 is 24.6. The third kappa shape index (κ3) is 5.77. The number of methoxy groups -OCH3 is 1. The van der Waals surface area contributed by atoms with Crippen LogP contribution in [0.2, 0.25) is 0 Å². The first kappa shape index (κ1) is 25.9. The van der Waals surface area contributed by atoms with Crippen LogP contribution in [0.15, 0.2) is 61.1 Å². The van der Waals surface area contributed by atoms with Crippen LogP contribution in [0.1, 0.15) is 12.5 Å². The largest absolute Gasteiger partial charge is 0.497 e. The van der Waals surface area contributed by atoms with E-state index in [1.807, 2.05) is 72.1 Å². The molecule has 0 aliphatic carbocycles. The van der Waals surface area contributed by atoms with E-state index in [2.05, 4.69) is 16.2 Å². The van der Waals surface area contributed by atoms with Crippen molar-refractivity contribution < 1.29 is 23.8 Å². The predicted molar refractivity (Wildman–Crippen MR) is 141 cm³/mol. The Morgan fingerprint density at radius 1 is 1.14 bits per heavy atom. The van der Waals surface area contributed by atoms with Crippen molar-refractivity contribution >= 4 is 24.4 Å². The van der Waals surface area contributed by atoms with Gasteiger partial charge in [-0.25, -0.2) is 9.97 Å². The standard InChI is InChI=1S/C26H31N4O5P/c1-18(31)16-36(32,33)35-13-12-19-8-10-21(11-9-19)30-15-23(20-6-5-7-22(14-20)34-4)24-25(29(2)3)27-17-28-26(24)30/h5-11,14-15,17-18,31H,12-13,16H2,1-4H3,(H,32,33). The smallest absolute Gasteiger partial charge is 0.330 e. The van der Waals surface area contributed by atoms with Crippen LogP contribution in [0, 0.1) is 0 Å².